The van der Waals surface area contributed by atoms with Crippen LogP contribution in [0.3, 0.4) is 0 Å². The van der Waals surface area contributed by atoms with E-state index in [1.165, 1.54) is 12.8 Å². The fourth-order valence-electron chi connectivity index (χ4n) is 3.03. The number of carbonyl (C=O) groups excluding carboxylic acids is 1. The Morgan fingerprint density at radius 1 is 1.07 bits per heavy atom. The molecular weight excluding hydrogens is 376 g/mol. The molecule has 0 saturated heterocycles. The van der Waals surface area contributed by atoms with Crippen molar-refractivity contribution in [3.8, 4) is 5.75 Å². The molecule has 0 unspecified atom stereocenters. The van der Waals surface area contributed by atoms with Gasteiger partial charge in [0.1, 0.15) is 5.75 Å². The maximum absolute atomic E-state index is 12.2. The highest BCUT2D eigenvalue weighted by Gasteiger charge is 2.22. The number of hydrogen-bond donors (Lipinski definition) is 3. The second-order valence-electron chi connectivity index (χ2n) is 7.60. The Kier molecular flexibility index (Phi) is 8.12. The van der Waals surface area contributed by atoms with Gasteiger partial charge in [0.2, 0.25) is 0 Å². The Balaban J connectivity index is 1.51. The highest BCUT2D eigenvalue weighted by atomic mass is 16.5. The fraction of sp³-hybridized carbons (Fsp3) is 0.417. The number of amides is 1. The van der Waals surface area contributed by atoms with E-state index in [4.69, 9.17) is 4.74 Å². The van der Waals surface area contributed by atoms with Crippen molar-refractivity contribution in [1.29, 1.82) is 0 Å². The summed E-state index contributed by atoms with van der Waals surface area (Å²) >= 11 is 0. The predicted octanol–water partition coefficient (Wildman–Crippen LogP) is 3.48. The van der Waals surface area contributed by atoms with Crippen molar-refractivity contribution in [2.45, 2.75) is 39.3 Å². The topological polar surface area (TPSA) is 74.8 Å². The minimum absolute atomic E-state index is 0.0380. The predicted molar refractivity (Wildman–Crippen MR) is 121 cm³/mol. The van der Waals surface area contributed by atoms with Crippen molar-refractivity contribution in [2.24, 2.45) is 10.9 Å². The van der Waals surface area contributed by atoms with Crippen LogP contribution in [0.1, 0.15) is 47.7 Å². The van der Waals surface area contributed by atoms with E-state index in [-0.39, 0.29) is 5.91 Å². The molecule has 0 heterocycles. The first-order valence-corrected chi connectivity index (χ1v) is 10.7. The van der Waals surface area contributed by atoms with Gasteiger partial charge in [-0.05, 0) is 48.9 Å². The molecule has 0 atom stereocenters. The highest BCUT2D eigenvalue weighted by Crippen LogP contribution is 2.30. The number of carbonyl (C=O) groups is 1. The van der Waals surface area contributed by atoms with E-state index in [0.29, 0.717) is 31.2 Å². The Hall–Kier alpha value is -3.02. The van der Waals surface area contributed by atoms with Crippen LogP contribution in [0.5, 0.6) is 5.75 Å². The molecule has 3 rings (SSSR count). The summed E-state index contributed by atoms with van der Waals surface area (Å²) in [6, 6.07) is 15.8. The van der Waals surface area contributed by atoms with Gasteiger partial charge in [0, 0.05) is 37.8 Å². The third kappa shape index (κ3) is 6.79. The average molecular weight is 409 g/mol. The van der Waals surface area contributed by atoms with Crippen LogP contribution in [0.25, 0.3) is 0 Å². The monoisotopic (exact) mass is 408 g/mol. The molecule has 6 heteroatoms. The van der Waals surface area contributed by atoms with Crippen LogP contribution < -0.4 is 20.7 Å². The van der Waals surface area contributed by atoms with E-state index in [1.54, 1.807) is 7.05 Å². The second-order valence-corrected chi connectivity index (χ2v) is 7.60. The van der Waals surface area contributed by atoms with Gasteiger partial charge in [-0.1, -0.05) is 37.3 Å². The SMILES string of the molecule is CCCNC(=O)c1cccc(CNC(=NC)NCc2ccccc2OCC2CC2)c1. The zero-order valence-corrected chi connectivity index (χ0v) is 17.9. The van der Waals surface area contributed by atoms with Crippen molar-refractivity contribution < 1.29 is 9.53 Å². The molecule has 0 spiro atoms. The quantitative estimate of drug-likeness (QED) is 0.416. The maximum atomic E-state index is 12.2. The number of guanidine groups is 1. The maximum Gasteiger partial charge on any atom is 0.251 e. The van der Waals surface area contributed by atoms with E-state index in [0.717, 1.165) is 35.8 Å². The standard InChI is InChI=1S/C24H32N4O2/c1-3-13-26-23(29)20-9-6-7-19(14-20)15-27-24(25-2)28-16-21-8-4-5-10-22(21)30-17-18-11-12-18/h4-10,14,18H,3,11-13,15-17H2,1-2H3,(H,26,29)(H2,25,27,28). The smallest absolute Gasteiger partial charge is 0.251 e. The van der Waals surface area contributed by atoms with Crippen molar-refractivity contribution in [1.82, 2.24) is 16.0 Å². The molecule has 0 aliphatic heterocycles. The molecule has 30 heavy (non-hydrogen) atoms. The number of rotatable bonds is 10. The van der Waals surface area contributed by atoms with Crippen LogP contribution in [0.15, 0.2) is 53.5 Å². The zero-order chi connectivity index (χ0) is 21.2. The van der Waals surface area contributed by atoms with Crippen molar-refractivity contribution in [3.05, 3.63) is 65.2 Å². The number of benzene rings is 2. The van der Waals surface area contributed by atoms with Gasteiger partial charge in [0.25, 0.3) is 5.91 Å². The van der Waals surface area contributed by atoms with Crippen LogP contribution >= 0.6 is 0 Å². The van der Waals surface area contributed by atoms with Crippen LogP contribution in [0.2, 0.25) is 0 Å². The number of para-hydroxylation sites is 1. The highest BCUT2D eigenvalue weighted by molar-refractivity contribution is 5.94. The van der Waals surface area contributed by atoms with Crippen LogP contribution in [-0.4, -0.2) is 32.1 Å². The number of ether oxygens (including phenoxy) is 1. The van der Waals surface area contributed by atoms with Gasteiger partial charge in [-0.3, -0.25) is 9.79 Å². The third-order valence-electron chi connectivity index (χ3n) is 5.00. The lowest BCUT2D eigenvalue weighted by atomic mass is 10.1. The summed E-state index contributed by atoms with van der Waals surface area (Å²) in [6.07, 6.45) is 3.47. The summed E-state index contributed by atoms with van der Waals surface area (Å²) < 4.78 is 5.98. The first-order valence-electron chi connectivity index (χ1n) is 10.7. The van der Waals surface area contributed by atoms with Crippen LogP contribution in [-0.2, 0) is 13.1 Å². The Bertz CT molecular complexity index is 862. The summed E-state index contributed by atoms with van der Waals surface area (Å²) in [5.41, 5.74) is 2.80. The van der Waals surface area contributed by atoms with E-state index in [9.17, 15) is 4.79 Å². The van der Waals surface area contributed by atoms with Crippen molar-refractivity contribution >= 4 is 11.9 Å². The van der Waals surface area contributed by atoms with Gasteiger partial charge in [0.15, 0.2) is 5.96 Å². The minimum atomic E-state index is -0.0380. The van der Waals surface area contributed by atoms with E-state index >= 15 is 0 Å². The molecule has 1 aliphatic carbocycles. The molecule has 0 radical (unpaired) electrons. The van der Waals surface area contributed by atoms with Gasteiger partial charge in [-0.2, -0.15) is 0 Å². The molecule has 2 aromatic carbocycles. The first kappa shape index (κ1) is 21.7. The lowest BCUT2D eigenvalue weighted by Gasteiger charge is -2.15. The molecule has 0 aromatic heterocycles. The lowest BCUT2D eigenvalue weighted by Crippen LogP contribution is -2.36. The lowest BCUT2D eigenvalue weighted by molar-refractivity contribution is 0.0953. The first-order chi connectivity index (χ1) is 14.7. The zero-order valence-electron chi connectivity index (χ0n) is 17.9. The van der Waals surface area contributed by atoms with E-state index in [1.807, 2.05) is 49.4 Å². The number of aliphatic imine (C=N–C) groups is 1. The summed E-state index contributed by atoms with van der Waals surface area (Å²) in [7, 11) is 1.75. The molecule has 160 valence electrons. The molecule has 1 saturated carbocycles. The second kappa shape index (κ2) is 11.2. The molecular formula is C24H32N4O2. The molecule has 6 nitrogen and oxygen atoms in total. The Labute approximate surface area is 179 Å². The largest absolute Gasteiger partial charge is 0.493 e. The molecule has 1 amide bonds. The fourth-order valence-corrected chi connectivity index (χ4v) is 3.03. The van der Waals surface area contributed by atoms with Crippen LogP contribution in [0.4, 0.5) is 0 Å². The van der Waals surface area contributed by atoms with Gasteiger partial charge in [-0.25, -0.2) is 0 Å². The third-order valence-corrected chi connectivity index (χ3v) is 5.00. The summed E-state index contributed by atoms with van der Waals surface area (Å²) in [4.78, 5) is 16.5. The molecule has 1 aliphatic rings. The van der Waals surface area contributed by atoms with Gasteiger partial charge in [-0.15, -0.1) is 0 Å². The Morgan fingerprint density at radius 2 is 1.87 bits per heavy atom. The number of nitrogens with zero attached hydrogens (tertiary/aromatic N) is 1. The Morgan fingerprint density at radius 3 is 2.63 bits per heavy atom. The summed E-state index contributed by atoms with van der Waals surface area (Å²) in [6.45, 7) is 4.72. The van der Waals surface area contributed by atoms with Gasteiger partial charge in [0.05, 0.1) is 6.61 Å². The summed E-state index contributed by atoms with van der Waals surface area (Å²) in [5, 5.41) is 9.57. The molecule has 2 aromatic rings. The van der Waals surface area contributed by atoms with Crippen molar-refractivity contribution in [3.63, 3.8) is 0 Å². The number of hydrogen-bond acceptors (Lipinski definition) is 3. The van der Waals surface area contributed by atoms with Crippen LogP contribution in [0, 0.1) is 5.92 Å². The van der Waals surface area contributed by atoms with E-state index < -0.39 is 0 Å². The van der Waals surface area contributed by atoms with Crippen molar-refractivity contribution in [2.75, 3.05) is 20.2 Å². The molecule has 3 N–H and O–H groups in total. The summed E-state index contributed by atoms with van der Waals surface area (Å²) in [5.74, 6) is 2.32. The van der Waals surface area contributed by atoms with E-state index in [2.05, 4.69) is 27.0 Å². The number of nitrogens with one attached hydrogen (secondary N) is 3. The normalized spacial score (nSPS) is 13.6. The molecule has 1 fully saturated rings. The molecule has 0 bridgehead atoms. The van der Waals surface area contributed by atoms with Gasteiger partial charge < -0.3 is 20.7 Å². The van der Waals surface area contributed by atoms with Gasteiger partial charge >= 0.3 is 0 Å². The minimum Gasteiger partial charge on any atom is -0.493 e. The average Bonchev–Trinajstić information content (AvgIpc) is 3.61.